The van der Waals surface area contributed by atoms with Crippen LogP contribution in [0, 0.1) is 0 Å². The number of thiophene rings is 1. The van der Waals surface area contributed by atoms with Crippen LogP contribution in [0.2, 0.25) is 9.36 Å². The fourth-order valence-corrected chi connectivity index (χ4v) is 3.12. The third-order valence-corrected chi connectivity index (χ3v) is 4.70. The van der Waals surface area contributed by atoms with Crippen molar-refractivity contribution in [2.75, 3.05) is 6.61 Å². The lowest BCUT2D eigenvalue weighted by atomic mass is 10.0. The van der Waals surface area contributed by atoms with Gasteiger partial charge in [-0.2, -0.15) is 0 Å². The van der Waals surface area contributed by atoms with Gasteiger partial charge in [0.05, 0.1) is 21.7 Å². The van der Waals surface area contributed by atoms with Gasteiger partial charge in [-0.15, -0.1) is 11.3 Å². The van der Waals surface area contributed by atoms with Gasteiger partial charge in [-0.05, 0) is 29.8 Å². The van der Waals surface area contributed by atoms with Gasteiger partial charge in [0, 0.05) is 5.02 Å². The minimum Gasteiger partial charge on any atom is -0.457 e. The van der Waals surface area contributed by atoms with Gasteiger partial charge in [-0.1, -0.05) is 35.3 Å². The summed E-state index contributed by atoms with van der Waals surface area (Å²) in [5, 5.41) is 2.98. The molecule has 0 aliphatic carbocycles. The normalized spacial score (nSPS) is 11.6. The van der Waals surface area contributed by atoms with Gasteiger partial charge >= 0.3 is 12.0 Å². The summed E-state index contributed by atoms with van der Waals surface area (Å²) in [6.45, 7) is -0.403. The number of hydrogen-bond donors (Lipinski definition) is 2. The molecule has 0 fully saturated rings. The molecule has 0 radical (unpaired) electrons. The summed E-state index contributed by atoms with van der Waals surface area (Å²) in [4.78, 5) is 35.5. The summed E-state index contributed by atoms with van der Waals surface area (Å²) in [6, 6.07) is 8.27. The van der Waals surface area contributed by atoms with Crippen molar-refractivity contribution < 1.29 is 19.1 Å². The van der Waals surface area contributed by atoms with E-state index >= 15 is 0 Å². The predicted molar refractivity (Wildman–Crippen MR) is 96.1 cm³/mol. The quantitative estimate of drug-likeness (QED) is 0.547. The summed E-state index contributed by atoms with van der Waals surface area (Å²) < 4.78 is 5.46. The number of urea groups is 1. The molecule has 1 aromatic heterocycles. The number of carbonyl (C=O) groups excluding carboxylic acids is 3. The molecule has 25 heavy (non-hydrogen) atoms. The maximum Gasteiger partial charge on any atom is 0.312 e. The van der Waals surface area contributed by atoms with Gasteiger partial charge in [-0.25, -0.2) is 4.79 Å². The zero-order chi connectivity index (χ0) is 18.4. The Morgan fingerprint density at radius 1 is 1.12 bits per heavy atom. The van der Waals surface area contributed by atoms with Gasteiger partial charge in [-0.3, -0.25) is 9.59 Å². The number of amides is 2. The van der Waals surface area contributed by atoms with E-state index in [1.165, 1.54) is 0 Å². The fourth-order valence-electron chi connectivity index (χ4n) is 2.03. The molecule has 2 aromatic rings. The highest BCUT2D eigenvalue weighted by molar-refractivity contribution is 7.18. The summed E-state index contributed by atoms with van der Waals surface area (Å²) in [5.41, 5.74) is 5.78. The Kier molecular flexibility index (Phi) is 6.81. The molecule has 0 saturated heterocycles. The molecule has 1 heterocycles. The number of primary amides is 1. The number of Topliss-reactive ketones (excluding diaryl/α,β-unsaturated/α-hetero) is 1. The SMILES string of the molecule is NC(=O)N[C@@H](CC(=O)OCC(=O)c1ccc(Cl)s1)c1ccc(Cl)cc1. The molecule has 2 rings (SSSR count). The molecule has 1 atom stereocenters. The number of esters is 1. The average molecular weight is 401 g/mol. The average Bonchev–Trinajstić information content (AvgIpc) is 2.99. The highest BCUT2D eigenvalue weighted by atomic mass is 35.5. The Hall–Kier alpha value is -2.09. The van der Waals surface area contributed by atoms with Crippen molar-refractivity contribution in [3.8, 4) is 0 Å². The van der Waals surface area contributed by atoms with Gasteiger partial charge in [0.2, 0.25) is 5.78 Å². The van der Waals surface area contributed by atoms with Crippen LogP contribution in [0.4, 0.5) is 4.79 Å². The first-order valence-corrected chi connectivity index (χ1v) is 8.68. The zero-order valence-corrected chi connectivity index (χ0v) is 15.2. The summed E-state index contributed by atoms with van der Waals surface area (Å²) in [7, 11) is 0. The largest absolute Gasteiger partial charge is 0.457 e. The Labute approximate surface area is 157 Å². The molecule has 0 aliphatic heterocycles. The fraction of sp³-hybridized carbons (Fsp3) is 0.188. The molecular formula is C16H14Cl2N2O4S. The van der Waals surface area contributed by atoms with Crippen molar-refractivity contribution in [3.63, 3.8) is 0 Å². The first-order valence-electron chi connectivity index (χ1n) is 7.10. The van der Waals surface area contributed by atoms with E-state index in [0.29, 0.717) is 19.8 Å². The number of carbonyl (C=O) groups is 3. The lowest BCUT2D eigenvalue weighted by Crippen LogP contribution is -2.34. The second-order valence-electron chi connectivity index (χ2n) is 5.00. The third-order valence-electron chi connectivity index (χ3n) is 3.17. The van der Waals surface area contributed by atoms with Crippen molar-refractivity contribution in [1.29, 1.82) is 0 Å². The summed E-state index contributed by atoms with van der Waals surface area (Å²) in [5.74, 6) is -0.999. The van der Waals surface area contributed by atoms with Crippen LogP contribution in [-0.2, 0) is 9.53 Å². The van der Waals surface area contributed by atoms with E-state index in [1.54, 1.807) is 36.4 Å². The predicted octanol–water partition coefficient (Wildman–Crippen LogP) is 3.58. The molecule has 1 aromatic carbocycles. The monoisotopic (exact) mass is 400 g/mol. The molecule has 0 spiro atoms. The zero-order valence-electron chi connectivity index (χ0n) is 12.8. The number of halogens is 2. The van der Waals surface area contributed by atoms with Crippen molar-refractivity contribution in [2.45, 2.75) is 12.5 Å². The van der Waals surface area contributed by atoms with Crippen LogP contribution in [0.25, 0.3) is 0 Å². The van der Waals surface area contributed by atoms with Gasteiger partial charge in [0.1, 0.15) is 0 Å². The smallest absolute Gasteiger partial charge is 0.312 e. The van der Waals surface area contributed by atoms with Gasteiger partial charge in [0.25, 0.3) is 0 Å². The van der Waals surface area contributed by atoms with E-state index in [4.69, 9.17) is 33.7 Å². The lowest BCUT2D eigenvalue weighted by molar-refractivity contribution is -0.143. The Balaban J connectivity index is 1.95. The Morgan fingerprint density at radius 2 is 1.80 bits per heavy atom. The third kappa shape index (κ3) is 6.04. The maximum absolute atomic E-state index is 12.0. The second kappa shape index (κ2) is 8.84. The maximum atomic E-state index is 12.0. The number of ether oxygens (including phenoxy) is 1. The molecule has 3 N–H and O–H groups in total. The van der Waals surface area contributed by atoms with Crippen molar-refractivity contribution in [1.82, 2.24) is 5.32 Å². The molecular weight excluding hydrogens is 387 g/mol. The molecule has 132 valence electrons. The first kappa shape index (κ1) is 19.2. The van der Waals surface area contributed by atoms with E-state index in [1.807, 2.05) is 0 Å². The molecule has 0 unspecified atom stereocenters. The van der Waals surface area contributed by atoms with Crippen LogP contribution in [0.3, 0.4) is 0 Å². The number of ketones is 1. The van der Waals surface area contributed by atoms with E-state index in [2.05, 4.69) is 5.32 Å². The topological polar surface area (TPSA) is 98.5 Å². The Bertz CT molecular complexity index is 777. The van der Waals surface area contributed by atoms with Crippen LogP contribution in [0.1, 0.15) is 27.7 Å². The lowest BCUT2D eigenvalue weighted by Gasteiger charge is -2.17. The van der Waals surface area contributed by atoms with E-state index in [9.17, 15) is 14.4 Å². The van der Waals surface area contributed by atoms with Crippen LogP contribution in [-0.4, -0.2) is 24.4 Å². The molecule has 2 amide bonds. The number of nitrogens with two attached hydrogens (primary N) is 1. The number of rotatable bonds is 7. The van der Waals surface area contributed by atoms with Gasteiger partial charge < -0.3 is 15.8 Å². The first-order chi connectivity index (χ1) is 11.8. The van der Waals surface area contributed by atoms with E-state index in [0.717, 1.165) is 11.3 Å². The number of benzene rings is 1. The van der Waals surface area contributed by atoms with Crippen molar-refractivity contribution >= 4 is 52.3 Å². The highest BCUT2D eigenvalue weighted by Gasteiger charge is 2.20. The standard InChI is InChI=1S/C16H14Cl2N2O4S/c17-10-3-1-9(2-4-10)11(20-16(19)23)7-15(22)24-8-12(21)13-5-6-14(18)25-13/h1-6,11H,7-8H2,(H3,19,20,23)/t11-/m0/s1. The second-order valence-corrected chi connectivity index (χ2v) is 7.16. The van der Waals surface area contributed by atoms with Crippen LogP contribution in [0.5, 0.6) is 0 Å². The molecule has 6 nitrogen and oxygen atoms in total. The highest BCUT2D eigenvalue weighted by Crippen LogP contribution is 2.22. The molecule has 9 heteroatoms. The van der Waals surface area contributed by atoms with Crippen LogP contribution in [0.15, 0.2) is 36.4 Å². The molecule has 0 aliphatic rings. The molecule has 0 saturated carbocycles. The Morgan fingerprint density at radius 3 is 2.36 bits per heavy atom. The van der Waals surface area contributed by atoms with Gasteiger partial charge in [0.15, 0.2) is 6.61 Å². The summed E-state index contributed by atoms with van der Waals surface area (Å²) in [6.07, 6.45) is -0.178. The van der Waals surface area contributed by atoms with Crippen LogP contribution < -0.4 is 11.1 Å². The minimum absolute atomic E-state index is 0.178. The van der Waals surface area contributed by atoms with Crippen molar-refractivity contribution in [2.24, 2.45) is 5.73 Å². The minimum atomic E-state index is -0.781. The molecule has 0 bridgehead atoms. The van der Waals surface area contributed by atoms with E-state index in [-0.39, 0.29) is 12.2 Å². The van der Waals surface area contributed by atoms with Crippen LogP contribution >= 0.6 is 34.5 Å². The number of hydrogen-bond acceptors (Lipinski definition) is 5. The number of nitrogens with one attached hydrogen (secondary N) is 1. The summed E-state index contributed by atoms with van der Waals surface area (Å²) >= 11 is 12.7. The van der Waals surface area contributed by atoms with Crippen molar-refractivity contribution in [3.05, 3.63) is 56.2 Å². The van der Waals surface area contributed by atoms with E-state index < -0.39 is 24.6 Å².